The van der Waals surface area contributed by atoms with Crippen molar-refractivity contribution in [2.24, 2.45) is 0 Å². The number of hydrogen-bond acceptors (Lipinski definition) is 3. The lowest BCUT2D eigenvalue weighted by molar-refractivity contribution is -0.0422. The maximum absolute atomic E-state index is 6.06. The molecule has 0 radical (unpaired) electrons. The fourth-order valence-electron chi connectivity index (χ4n) is 2.26. The highest BCUT2D eigenvalue weighted by molar-refractivity contribution is 7.10. The van der Waals surface area contributed by atoms with E-state index in [9.17, 15) is 0 Å². The number of rotatable bonds is 3. The van der Waals surface area contributed by atoms with Gasteiger partial charge in [0.25, 0.3) is 0 Å². The summed E-state index contributed by atoms with van der Waals surface area (Å²) in [4.78, 5) is 1.23. The van der Waals surface area contributed by atoms with Crippen LogP contribution >= 0.6 is 22.9 Å². The molecule has 0 aliphatic carbocycles. The summed E-state index contributed by atoms with van der Waals surface area (Å²) in [6, 6.07) is 2.51. The van der Waals surface area contributed by atoms with E-state index in [1.54, 1.807) is 11.3 Å². The molecule has 1 aromatic rings. The van der Waals surface area contributed by atoms with E-state index >= 15 is 0 Å². The zero-order valence-corrected chi connectivity index (χ0v) is 11.3. The van der Waals surface area contributed by atoms with E-state index in [1.807, 2.05) is 11.4 Å². The summed E-state index contributed by atoms with van der Waals surface area (Å²) in [7, 11) is 0. The molecule has 0 spiro atoms. The van der Waals surface area contributed by atoms with Gasteiger partial charge >= 0.3 is 0 Å². The van der Waals surface area contributed by atoms with Crippen molar-refractivity contribution in [1.82, 2.24) is 5.32 Å². The van der Waals surface area contributed by atoms with E-state index in [4.69, 9.17) is 16.3 Å². The molecule has 1 aromatic heterocycles. The van der Waals surface area contributed by atoms with Crippen molar-refractivity contribution in [3.05, 3.63) is 21.3 Å². The predicted molar refractivity (Wildman–Crippen MR) is 69.2 cm³/mol. The van der Waals surface area contributed by atoms with Gasteiger partial charge < -0.3 is 10.1 Å². The minimum absolute atomic E-state index is 0.361. The Morgan fingerprint density at radius 2 is 2.12 bits per heavy atom. The highest BCUT2D eigenvalue weighted by Crippen LogP contribution is 2.23. The summed E-state index contributed by atoms with van der Waals surface area (Å²) in [6.45, 7) is 5.16. The number of halogens is 1. The highest BCUT2D eigenvalue weighted by atomic mass is 35.5. The molecule has 16 heavy (non-hydrogen) atoms. The van der Waals surface area contributed by atoms with Crippen molar-refractivity contribution < 1.29 is 4.74 Å². The van der Waals surface area contributed by atoms with Gasteiger partial charge in [-0.3, -0.25) is 0 Å². The lowest BCUT2D eigenvalue weighted by atomic mass is 10.00. The zero-order chi connectivity index (χ0) is 11.5. The predicted octanol–water partition coefficient (Wildman–Crippen LogP) is 3.45. The second-order valence-corrected chi connectivity index (χ2v) is 5.91. The Morgan fingerprint density at radius 3 is 2.69 bits per heavy atom. The monoisotopic (exact) mass is 259 g/mol. The van der Waals surface area contributed by atoms with Gasteiger partial charge in [0.1, 0.15) is 0 Å². The van der Waals surface area contributed by atoms with Crippen LogP contribution in [0.4, 0.5) is 0 Å². The molecular weight excluding hydrogens is 242 g/mol. The SMILES string of the molecule is CC1CC(NCc2sccc2Cl)CC(C)O1. The van der Waals surface area contributed by atoms with Gasteiger partial charge in [-0.1, -0.05) is 11.6 Å². The van der Waals surface area contributed by atoms with Crippen LogP contribution in [0.1, 0.15) is 31.6 Å². The molecular formula is C12H18ClNOS. The third kappa shape index (κ3) is 3.20. The minimum atomic E-state index is 0.361. The third-order valence-electron chi connectivity index (χ3n) is 2.94. The molecule has 0 bridgehead atoms. The normalized spacial score (nSPS) is 30.6. The van der Waals surface area contributed by atoms with Gasteiger partial charge in [0.2, 0.25) is 0 Å². The van der Waals surface area contributed by atoms with Crippen LogP contribution in [-0.4, -0.2) is 18.2 Å². The summed E-state index contributed by atoms with van der Waals surface area (Å²) >= 11 is 7.77. The number of thiophene rings is 1. The van der Waals surface area contributed by atoms with Crippen LogP contribution in [0.15, 0.2) is 11.4 Å². The minimum Gasteiger partial charge on any atom is -0.375 e. The van der Waals surface area contributed by atoms with Crippen molar-refractivity contribution in [2.45, 2.75) is 51.5 Å². The van der Waals surface area contributed by atoms with E-state index in [1.165, 1.54) is 4.88 Å². The van der Waals surface area contributed by atoms with Crippen LogP contribution in [0.3, 0.4) is 0 Å². The second kappa shape index (κ2) is 5.50. The number of ether oxygens (including phenoxy) is 1. The van der Waals surface area contributed by atoms with Gasteiger partial charge in [0.15, 0.2) is 0 Å². The largest absolute Gasteiger partial charge is 0.375 e. The molecule has 2 unspecified atom stereocenters. The van der Waals surface area contributed by atoms with Crippen LogP contribution < -0.4 is 5.32 Å². The van der Waals surface area contributed by atoms with Crippen molar-refractivity contribution in [2.75, 3.05) is 0 Å². The van der Waals surface area contributed by atoms with Crippen molar-refractivity contribution in [3.63, 3.8) is 0 Å². The van der Waals surface area contributed by atoms with Crippen molar-refractivity contribution in [1.29, 1.82) is 0 Å². The Balaban J connectivity index is 1.84. The topological polar surface area (TPSA) is 21.3 Å². The molecule has 90 valence electrons. The molecule has 0 aromatic carbocycles. The summed E-state index contributed by atoms with van der Waals surface area (Å²) in [5.74, 6) is 0. The molecule has 2 rings (SSSR count). The molecule has 2 heterocycles. The van der Waals surface area contributed by atoms with Crippen molar-refractivity contribution >= 4 is 22.9 Å². The van der Waals surface area contributed by atoms with Gasteiger partial charge in [-0.2, -0.15) is 0 Å². The first kappa shape index (κ1) is 12.4. The van der Waals surface area contributed by atoms with Crippen LogP contribution in [0.2, 0.25) is 5.02 Å². The van der Waals surface area contributed by atoms with E-state index in [2.05, 4.69) is 19.2 Å². The molecule has 1 aliphatic heterocycles. The first-order chi connectivity index (χ1) is 7.65. The van der Waals surface area contributed by atoms with Gasteiger partial charge in [0.05, 0.1) is 17.2 Å². The molecule has 2 nitrogen and oxygen atoms in total. The number of nitrogens with one attached hydrogen (secondary N) is 1. The molecule has 1 aliphatic rings. The third-order valence-corrected chi connectivity index (χ3v) is 4.33. The van der Waals surface area contributed by atoms with Crippen LogP contribution in [0.25, 0.3) is 0 Å². The molecule has 2 atom stereocenters. The van der Waals surface area contributed by atoms with E-state index in [0.29, 0.717) is 18.2 Å². The summed E-state index contributed by atoms with van der Waals surface area (Å²) < 4.78 is 5.71. The molecule has 1 fully saturated rings. The summed E-state index contributed by atoms with van der Waals surface area (Å²) in [5.41, 5.74) is 0. The molecule has 1 N–H and O–H groups in total. The quantitative estimate of drug-likeness (QED) is 0.898. The van der Waals surface area contributed by atoms with E-state index in [0.717, 1.165) is 24.4 Å². The Kier molecular flexibility index (Phi) is 4.25. The van der Waals surface area contributed by atoms with E-state index < -0.39 is 0 Å². The molecule has 1 saturated heterocycles. The molecule has 0 amide bonds. The Bertz CT molecular complexity index is 332. The smallest absolute Gasteiger partial charge is 0.0565 e. The molecule has 4 heteroatoms. The van der Waals surface area contributed by atoms with Crippen LogP contribution in [-0.2, 0) is 11.3 Å². The maximum atomic E-state index is 6.06. The highest BCUT2D eigenvalue weighted by Gasteiger charge is 2.23. The Hall–Kier alpha value is -0.0900. The van der Waals surface area contributed by atoms with Gasteiger partial charge in [-0.15, -0.1) is 11.3 Å². The maximum Gasteiger partial charge on any atom is 0.0565 e. The van der Waals surface area contributed by atoms with Gasteiger partial charge in [0, 0.05) is 17.5 Å². The first-order valence-corrected chi connectivity index (χ1v) is 7.01. The average Bonchev–Trinajstić information content (AvgIpc) is 2.59. The zero-order valence-electron chi connectivity index (χ0n) is 9.70. The fraction of sp³-hybridized carbons (Fsp3) is 0.667. The summed E-state index contributed by atoms with van der Waals surface area (Å²) in [6.07, 6.45) is 2.90. The Labute approximate surface area is 106 Å². The average molecular weight is 260 g/mol. The standard InChI is InChI=1S/C12H18ClNOS/c1-8-5-10(6-9(2)15-8)14-7-12-11(13)3-4-16-12/h3-4,8-10,14H,5-7H2,1-2H3. The van der Waals surface area contributed by atoms with Crippen LogP contribution in [0.5, 0.6) is 0 Å². The van der Waals surface area contributed by atoms with Crippen molar-refractivity contribution in [3.8, 4) is 0 Å². The van der Waals surface area contributed by atoms with E-state index in [-0.39, 0.29) is 0 Å². The lowest BCUT2D eigenvalue weighted by Crippen LogP contribution is -2.40. The Morgan fingerprint density at radius 1 is 1.44 bits per heavy atom. The van der Waals surface area contributed by atoms with Crippen LogP contribution in [0, 0.1) is 0 Å². The lowest BCUT2D eigenvalue weighted by Gasteiger charge is -2.32. The fourth-order valence-corrected chi connectivity index (χ4v) is 3.31. The molecule has 0 saturated carbocycles. The first-order valence-electron chi connectivity index (χ1n) is 5.76. The van der Waals surface area contributed by atoms with Gasteiger partial charge in [-0.05, 0) is 38.1 Å². The number of hydrogen-bond donors (Lipinski definition) is 1. The second-order valence-electron chi connectivity index (χ2n) is 4.50. The summed E-state index contributed by atoms with van der Waals surface area (Å²) in [5, 5.41) is 6.49. The van der Waals surface area contributed by atoms with Gasteiger partial charge in [-0.25, -0.2) is 0 Å².